The van der Waals surface area contributed by atoms with Crippen LogP contribution in [0.25, 0.3) is 12.2 Å². The summed E-state index contributed by atoms with van der Waals surface area (Å²) >= 11 is 1.35. The van der Waals surface area contributed by atoms with Crippen molar-refractivity contribution in [3.8, 4) is 0 Å². The summed E-state index contributed by atoms with van der Waals surface area (Å²) in [5.41, 5.74) is 4.73. The van der Waals surface area contributed by atoms with Gasteiger partial charge in [-0.2, -0.15) is 4.31 Å². The fraction of sp³-hybridized carbons (Fsp3) is 0.375. The maximum atomic E-state index is 13.5. The van der Waals surface area contributed by atoms with E-state index >= 15 is 0 Å². The highest BCUT2D eigenvalue weighted by Gasteiger charge is 2.36. The van der Waals surface area contributed by atoms with Crippen molar-refractivity contribution in [3.05, 3.63) is 57.4 Å². The number of carbonyl (C=O) groups excluding carboxylic acids is 1. The molecule has 0 bridgehead atoms. The van der Waals surface area contributed by atoms with Crippen LogP contribution in [0, 0.1) is 33.6 Å². The van der Waals surface area contributed by atoms with Gasteiger partial charge in [0.2, 0.25) is 15.9 Å². The lowest BCUT2D eigenvalue weighted by Gasteiger charge is -2.30. The maximum absolute atomic E-state index is 13.5. The van der Waals surface area contributed by atoms with Crippen molar-refractivity contribution in [1.82, 2.24) is 14.4 Å². The number of anilines is 1. The maximum Gasteiger partial charge on any atom is 0.248 e. The monoisotopic (exact) mass is 500 g/mol. The van der Waals surface area contributed by atoms with Crippen LogP contribution >= 0.6 is 11.3 Å². The van der Waals surface area contributed by atoms with Crippen LogP contribution in [-0.2, 0) is 14.8 Å². The molecule has 0 spiro atoms. The average Bonchev–Trinajstić information content (AvgIpc) is 3.42. The molecule has 0 radical (unpaired) electrons. The predicted molar refractivity (Wildman–Crippen MR) is 133 cm³/mol. The summed E-state index contributed by atoms with van der Waals surface area (Å²) in [7, 11) is -3.83. The van der Waals surface area contributed by atoms with Gasteiger partial charge in [-0.1, -0.05) is 28.9 Å². The first-order valence-electron chi connectivity index (χ1n) is 11.1. The van der Waals surface area contributed by atoms with Crippen LogP contribution < -0.4 is 5.32 Å². The number of thiazole rings is 1. The lowest BCUT2D eigenvalue weighted by atomic mass is 9.97. The van der Waals surface area contributed by atoms with E-state index in [0.29, 0.717) is 23.7 Å². The van der Waals surface area contributed by atoms with E-state index in [1.807, 2.05) is 26.8 Å². The molecule has 1 saturated heterocycles. The van der Waals surface area contributed by atoms with Crippen molar-refractivity contribution in [2.45, 2.75) is 45.4 Å². The van der Waals surface area contributed by atoms with Crippen LogP contribution in [0.5, 0.6) is 0 Å². The molecule has 2 aromatic heterocycles. The molecule has 0 unspecified atom stereocenters. The first-order valence-corrected chi connectivity index (χ1v) is 13.4. The van der Waals surface area contributed by atoms with Crippen molar-refractivity contribution in [3.63, 3.8) is 0 Å². The standard InChI is InChI=1S/C24H28N4O4S2/c1-15-13-16(2)20(17(3)14-15)5-6-21-22(18(4)27-32-21)34(30,31)28-10-7-19(8-11-28)23(29)26-24-25-9-12-33-24/h5-6,9,12-14,19H,7-8,10-11H2,1-4H3,(H,25,26,29). The van der Waals surface area contributed by atoms with E-state index < -0.39 is 10.0 Å². The number of hydrogen-bond donors (Lipinski definition) is 1. The average molecular weight is 501 g/mol. The largest absolute Gasteiger partial charge is 0.355 e. The molecule has 1 amide bonds. The highest BCUT2D eigenvalue weighted by molar-refractivity contribution is 7.89. The number of carbonyl (C=O) groups is 1. The minimum atomic E-state index is -3.83. The molecule has 0 atom stereocenters. The number of nitrogens with zero attached hydrogens (tertiary/aromatic N) is 3. The number of amides is 1. The van der Waals surface area contributed by atoms with Gasteiger partial charge in [-0.3, -0.25) is 4.79 Å². The van der Waals surface area contributed by atoms with Gasteiger partial charge in [-0.25, -0.2) is 13.4 Å². The van der Waals surface area contributed by atoms with Gasteiger partial charge in [0, 0.05) is 30.6 Å². The number of sulfonamides is 1. The molecule has 1 N–H and O–H groups in total. The van der Waals surface area contributed by atoms with E-state index in [2.05, 4.69) is 27.6 Å². The Bertz CT molecular complexity index is 1300. The molecule has 10 heteroatoms. The van der Waals surface area contributed by atoms with Crippen LogP contribution in [0.1, 0.15) is 46.5 Å². The number of aromatic nitrogens is 2. The fourth-order valence-electron chi connectivity index (χ4n) is 4.39. The third-order valence-electron chi connectivity index (χ3n) is 6.06. The molecule has 0 saturated carbocycles. The Labute approximate surface area is 203 Å². The first-order chi connectivity index (χ1) is 16.2. The van der Waals surface area contributed by atoms with Crippen LogP contribution in [-0.4, -0.2) is 41.9 Å². The van der Waals surface area contributed by atoms with E-state index in [0.717, 1.165) is 16.7 Å². The summed E-state index contributed by atoms with van der Waals surface area (Å²) in [6.07, 6.45) is 6.05. The zero-order chi connectivity index (χ0) is 24.5. The molecule has 1 fully saturated rings. The second-order valence-electron chi connectivity index (χ2n) is 8.61. The number of piperidine rings is 1. The molecule has 3 aromatic rings. The third kappa shape index (κ3) is 4.98. The van der Waals surface area contributed by atoms with E-state index in [-0.39, 0.29) is 35.6 Å². The topological polar surface area (TPSA) is 105 Å². The molecule has 1 aromatic carbocycles. The molecule has 8 nitrogen and oxygen atoms in total. The number of benzene rings is 1. The van der Waals surface area contributed by atoms with E-state index in [1.165, 1.54) is 21.2 Å². The summed E-state index contributed by atoms with van der Waals surface area (Å²) in [5.74, 6) is -0.174. The first kappa shape index (κ1) is 24.3. The lowest BCUT2D eigenvalue weighted by Crippen LogP contribution is -2.41. The number of nitrogens with one attached hydrogen (secondary N) is 1. The van der Waals surface area contributed by atoms with Gasteiger partial charge in [0.25, 0.3) is 0 Å². The summed E-state index contributed by atoms with van der Waals surface area (Å²) < 4.78 is 33.8. The van der Waals surface area contributed by atoms with Gasteiger partial charge < -0.3 is 9.84 Å². The predicted octanol–water partition coefficient (Wildman–Crippen LogP) is 4.57. The molecule has 180 valence electrons. The SMILES string of the molecule is Cc1cc(C)c(C=Cc2onc(C)c2S(=O)(=O)N2CCC(C(=O)Nc3nccs3)CC2)c(C)c1. The Kier molecular flexibility index (Phi) is 7.01. The molecule has 4 rings (SSSR count). The normalized spacial score (nSPS) is 15.8. The minimum absolute atomic E-state index is 0.0804. The quantitative estimate of drug-likeness (QED) is 0.531. The van der Waals surface area contributed by atoms with Gasteiger partial charge >= 0.3 is 0 Å². The van der Waals surface area contributed by atoms with Gasteiger partial charge in [0.15, 0.2) is 15.8 Å². The van der Waals surface area contributed by atoms with Gasteiger partial charge in [-0.05, 0) is 63.3 Å². The number of rotatable bonds is 6. The van der Waals surface area contributed by atoms with Crippen molar-refractivity contribution in [2.24, 2.45) is 5.92 Å². The summed E-state index contributed by atoms with van der Waals surface area (Å²) in [6, 6.07) is 4.18. The van der Waals surface area contributed by atoms with Crippen LogP contribution in [0.3, 0.4) is 0 Å². The van der Waals surface area contributed by atoms with Crippen LogP contribution in [0.15, 0.2) is 33.1 Å². The smallest absolute Gasteiger partial charge is 0.248 e. The van der Waals surface area contributed by atoms with Crippen molar-refractivity contribution >= 4 is 44.6 Å². The molecule has 3 heterocycles. The zero-order valence-electron chi connectivity index (χ0n) is 19.7. The van der Waals surface area contributed by atoms with Crippen LogP contribution in [0.4, 0.5) is 5.13 Å². The molecular formula is C24H28N4O4S2. The lowest BCUT2D eigenvalue weighted by molar-refractivity contribution is -0.120. The molecular weight excluding hydrogens is 472 g/mol. The Morgan fingerprint density at radius 2 is 1.82 bits per heavy atom. The van der Waals surface area contributed by atoms with Gasteiger partial charge in [0.05, 0.1) is 0 Å². The highest BCUT2D eigenvalue weighted by atomic mass is 32.2. The zero-order valence-corrected chi connectivity index (χ0v) is 21.3. The fourth-order valence-corrected chi connectivity index (χ4v) is 6.64. The Hall–Kier alpha value is -2.82. The molecule has 34 heavy (non-hydrogen) atoms. The summed E-state index contributed by atoms with van der Waals surface area (Å²) in [4.78, 5) is 16.7. The molecule has 0 aliphatic carbocycles. The second-order valence-corrected chi connectivity index (χ2v) is 11.4. The Balaban J connectivity index is 1.51. The van der Waals surface area contributed by atoms with Crippen molar-refractivity contribution in [2.75, 3.05) is 18.4 Å². The summed E-state index contributed by atoms with van der Waals surface area (Å²) in [5, 5.41) is 9.08. The van der Waals surface area contributed by atoms with Crippen molar-refractivity contribution in [1.29, 1.82) is 0 Å². The van der Waals surface area contributed by atoms with Crippen LogP contribution in [0.2, 0.25) is 0 Å². The van der Waals surface area contributed by atoms with E-state index in [4.69, 9.17) is 4.52 Å². The molecule has 1 aliphatic heterocycles. The highest BCUT2D eigenvalue weighted by Crippen LogP contribution is 2.30. The molecule has 1 aliphatic rings. The van der Waals surface area contributed by atoms with Crippen molar-refractivity contribution < 1.29 is 17.7 Å². The number of hydrogen-bond acceptors (Lipinski definition) is 7. The minimum Gasteiger partial charge on any atom is -0.355 e. The Morgan fingerprint density at radius 3 is 2.44 bits per heavy atom. The number of aryl methyl sites for hydroxylation is 4. The van der Waals surface area contributed by atoms with Gasteiger partial charge in [0.1, 0.15) is 5.69 Å². The Morgan fingerprint density at radius 1 is 1.15 bits per heavy atom. The van der Waals surface area contributed by atoms with E-state index in [9.17, 15) is 13.2 Å². The summed E-state index contributed by atoms with van der Waals surface area (Å²) in [6.45, 7) is 8.23. The van der Waals surface area contributed by atoms with Gasteiger partial charge in [-0.15, -0.1) is 11.3 Å². The second kappa shape index (κ2) is 9.81. The van der Waals surface area contributed by atoms with E-state index in [1.54, 1.807) is 24.6 Å². The third-order valence-corrected chi connectivity index (χ3v) is 8.80.